The average Bonchev–Trinajstić information content (AvgIpc) is 2.68. The number of carbonyl (C=O) groups is 2. The molecule has 0 aromatic heterocycles. The maximum Gasteiger partial charge on any atom is 0.234 e. The van der Waals surface area contributed by atoms with Crippen LogP contribution in [0.3, 0.4) is 0 Å². The Balaban J connectivity index is 1.45. The second-order valence-corrected chi connectivity index (χ2v) is 6.69. The third kappa shape index (κ3) is 5.43. The Morgan fingerprint density at radius 2 is 1.69 bits per heavy atom. The van der Waals surface area contributed by atoms with Crippen molar-refractivity contribution in [2.24, 2.45) is 5.92 Å². The number of benzene rings is 2. The van der Waals surface area contributed by atoms with E-state index in [-0.39, 0.29) is 17.7 Å². The molecule has 136 valence electrons. The molecule has 2 amide bonds. The quantitative estimate of drug-likeness (QED) is 0.841. The van der Waals surface area contributed by atoms with Gasteiger partial charge in [-0.2, -0.15) is 0 Å². The number of amides is 2. The summed E-state index contributed by atoms with van der Waals surface area (Å²) in [6, 6.07) is 19.4. The van der Waals surface area contributed by atoms with Gasteiger partial charge in [0.15, 0.2) is 0 Å². The van der Waals surface area contributed by atoms with Crippen LogP contribution in [0, 0.1) is 5.92 Å². The van der Waals surface area contributed by atoms with E-state index in [1.54, 1.807) is 0 Å². The van der Waals surface area contributed by atoms with E-state index in [2.05, 4.69) is 15.5 Å². The fourth-order valence-corrected chi connectivity index (χ4v) is 3.23. The van der Waals surface area contributed by atoms with Crippen molar-refractivity contribution < 1.29 is 9.59 Å². The molecule has 2 aromatic carbocycles. The molecule has 0 spiro atoms. The molecule has 0 unspecified atom stereocenters. The van der Waals surface area contributed by atoms with Gasteiger partial charge in [-0.15, -0.1) is 0 Å². The fourth-order valence-electron chi connectivity index (χ4n) is 3.23. The van der Waals surface area contributed by atoms with E-state index < -0.39 is 0 Å². The van der Waals surface area contributed by atoms with Gasteiger partial charge in [0.1, 0.15) is 0 Å². The molecular weight excluding hydrogens is 326 g/mol. The molecule has 0 aliphatic carbocycles. The van der Waals surface area contributed by atoms with Crippen molar-refractivity contribution in [1.29, 1.82) is 0 Å². The summed E-state index contributed by atoms with van der Waals surface area (Å²) < 4.78 is 0. The molecule has 1 heterocycles. The standard InChI is InChI=1S/C21H25N3O2/c25-20(22-14-17-8-3-1-4-9-17)16-24-13-7-10-18(15-24)21(26)23-19-11-5-2-6-12-19/h1-6,8-9,11-12,18H,7,10,13-16H2,(H,22,25)(H,23,26)/t18-/m0/s1. The number of carbonyl (C=O) groups excluding carboxylic acids is 2. The van der Waals surface area contributed by atoms with Crippen LogP contribution in [-0.4, -0.2) is 36.3 Å². The van der Waals surface area contributed by atoms with Gasteiger partial charge in [0, 0.05) is 18.8 Å². The Hall–Kier alpha value is -2.66. The van der Waals surface area contributed by atoms with Crippen molar-refractivity contribution in [3.05, 3.63) is 66.2 Å². The van der Waals surface area contributed by atoms with Crippen LogP contribution in [0.4, 0.5) is 5.69 Å². The lowest BCUT2D eigenvalue weighted by Gasteiger charge is -2.31. The summed E-state index contributed by atoms with van der Waals surface area (Å²) in [6.07, 6.45) is 1.79. The molecule has 1 saturated heterocycles. The number of piperidine rings is 1. The van der Waals surface area contributed by atoms with Crippen LogP contribution in [0.2, 0.25) is 0 Å². The number of hydrogen-bond donors (Lipinski definition) is 2. The van der Waals surface area contributed by atoms with E-state index in [9.17, 15) is 9.59 Å². The molecule has 5 nitrogen and oxygen atoms in total. The third-order valence-electron chi connectivity index (χ3n) is 4.62. The second-order valence-electron chi connectivity index (χ2n) is 6.69. The van der Waals surface area contributed by atoms with Gasteiger partial charge in [-0.25, -0.2) is 0 Å². The number of nitrogens with zero attached hydrogens (tertiary/aromatic N) is 1. The summed E-state index contributed by atoms with van der Waals surface area (Å²) in [5.41, 5.74) is 1.90. The lowest BCUT2D eigenvalue weighted by Crippen LogP contribution is -2.45. The number of likely N-dealkylation sites (tertiary alicyclic amines) is 1. The highest BCUT2D eigenvalue weighted by molar-refractivity contribution is 5.92. The van der Waals surface area contributed by atoms with E-state index in [1.165, 1.54) is 0 Å². The first kappa shape index (κ1) is 18.1. The fraction of sp³-hybridized carbons (Fsp3) is 0.333. The van der Waals surface area contributed by atoms with Crippen molar-refractivity contribution in [1.82, 2.24) is 10.2 Å². The number of rotatable bonds is 6. The van der Waals surface area contributed by atoms with Crippen LogP contribution < -0.4 is 10.6 Å². The van der Waals surface area contributed by atoms with E-state index in [0.717, 1.165) is 30.6 Å². The minimum atomic E-state index is -0.0779. The SMILES string of the molecule is O=C(CN1CCC[C@H](C(=O)Nc2ccccc2)C1)NCc1ccccc1. The Morgan fingerprint density at radius 1 is 1.00 bits per heavy atom. The molecule has 1 aliphatic heterocycles. The van der Waals surface area contributed by atoms with Crippen LogP contribution in [0.25, 0.3) is 0 Å². The van der Waals surface area contributed by atoms with Crippen LogP contribution >= 0.6 is 0 Å². The Kier molecular flexibility index (Phi) is 6.39. The van der Waals surface area contributed by atoms with Crippen molar-refractivity contribution in [3.8, 4) is 0 Å². The molecule has 0 bridgehead atoms. The zero-order valence-electron chi connectivity index (χ0n) is 14.9. The molecule has 26 heavy (non-hydrogen) atoms. The molecule has 2 N–H and O–H groups in total. The van der Waals surface area contributed by atoms with Crippen molar-refractivity contribution in [2.75, 3.05) is 25.0 Å². The summed E-state index contributed by atoms with van der Waals surface area (Å²) >= 11 is 0. The number of hydrogen-bond acceptors (Lipinski definition) is 3. The maximum atomic E-state index is 12.5. The number of nitrogens with one attached hydrogen (secondary N) is 2. The van der Waals surface area contributed by atoms with E-state index in [4.69, 9.17) is 0 Å². The van der Waals surface area contributed by atoms with Gasteiger partial charge in [0.25, 0.3) is 0 Å². The number of para-hydroxylation sites is 1. The maximum absolute atomic E-state index is 12.5. The normalized spacial score (nSPS) is 17.5. The van der Waals surface area contributed by atoms with Gasteiger partial charge in [-0.05, 0) is 37.1 Å². The monoisotopic (exact) mass is 351 g/mol. The molecule has 1 fully saturated rings. The summed E-state index contributed by atoms with van der Waals surface area (Å²) in [7, 11) is 0. The second kappa shape index (κ2) is 9.15. The third-order valence-corrected chi connectivity index (χ3v) is 4.62. The molecule has 5 heteroatoms. The van der Waals surface area contributed by atoms with E-state index in [1.807, 2.05) is 60.7 Å². The first-order valence-corrected chi connectivity index (χ1v) is 9.09. The molecule has 1 atom stereocenters. The highest BCUT2D eigenvalue weighted by Crippen LogP contribution is 2.18. The first-order valence-electron chi connectivity index (χ1n) is 9.09. The number of anilines is 1. The lowest BCUT2D eigenvalue weighted by atomic mass is 9.97. The Morgan fingerprint density at radius 3 is 2.42 bits per heavy atom. The van der Waals surface area contributed by atoms with Gasteiger partial charge in [-0.3, -0.25) is 14.5 Å². The zero-order valence-corrected chi connectivity index (χ0v) is 14.9. The van der Waals surface area contributed by atoms with Gasteiger partial charge in [0.2, 0.25) is 11.8 Å². The van der Waals surface area contributed by atoms with Gasteiger partial charge in [-0.1, -0.05) is 48.5 Å². The van der Waals surface area contributed by atoms with Crippen LogP contribution in [0.1, 0.15) is 18.4 Å². The molecular formula is C21H25N3O2. The largest absolute Gasteiger partial charge is 0.351 e. The van der Waals surface area contributed by atoms with Crippen molar-refractivity contribution >= 4 is 17.5 Å². The first-order chi connectivity index (χ1) is 12.7. The predicted molar refractivity (Wildman–Crippen MR) is 103 cm³/mol. The summed E-state index contributed by atoms with van der Waals surface area (Å²) in [5.74, 6) is -0.0468. The average molecular weight is 351 g/mol. The molecule has 3 rings (SSSR count). The van der Waals surface area contributed by atoms with Crippen molar-refractivity contribution in [2.45, 2.75) is 19.4 Å². The topological polar surface area (TPSA) is 61.4 Å². The van der Waals surface area contributed by atoms with Crippen LogP contribution in [-0.2, 0) is 16.1 Å². The molecule has 2 aromatic rings. The van der Waals surface area contributed by atoms with Gasteiger partial charge in [0.05, 0.1) is 12.5 Å². The van der Waals surface area contributed by atoms with Crippen LogP contribution in [0.15, 0.2) is 60.7 Å². The summed E-state index contributed by atoms with van der Waals surface area (Å²) in [5, 5.41) is 5.91. The Labute approximate surface area is 154 Å². The minimum Gasteiger partial charge on any atom is -0.351 e. The smallest absolute Gasteiger partial charge is 0.234 e. The summed E-state index contributed by atoms with van der Waals surface area (Å²) in [4.78, 5) is 26.7. The van der Waals surface area contributed by atoms with Gasteiger partial charge < -0.3 is 10.6 Å². The van der Waals surface area contributed by atoms with Crippen LogP contribution in [0.5, 0.6) is 0 Å². The highest BCUT2D eigenvalue weighted by atomic mass is 16.2. The lowest BCUT2D eigenvalue weighted by molar-refractivity contribution is -0.125. The van der Waals surface area contributed by atoms with E-state index >= 15 is 0 Å². The minimum absolute atomic E-state index is 0.00188. The summed E-state index contributed by atoms with van der Waals surface area (Å²) in [6.45, 7) is 2.35. The highest BCUT2D eigenvalue weighted by Gasteiger charge is 2.26. The molecule has 0 saturated carbocycles. The van der Waals surface area contributed by atoms with Crippen molar-refractivity contribution in [3.63, 3.8) is 0 Å². The predicted octanol–water partition coefficient (Wildman–Crippen LogP) is 2.65. The molecule has 1 aliphatic rings. The van der Waals surface area contributed by atoms with Gasteiger partial charge >= 0.3 is 0 Å². The van der Waals surface area contributed by atoms with E-state index in [0.29, 0.717) is 19.6 Å². The molecule has 0 radical (unpaired) electrons. The Bertz CT molecular complexity index is 719. The zero-order chi connectivity index (χ0) is 18.2.